The molecule has 0 aromatic heterocycles. The van der Waals surface area contributed by atoms with E-state index in [0.29, 0.717) is 30.1 Å². The lowest BCUT2D eigenvalue weighted by Crippen LogP contribution is -2.13. The van der Waals surface area contributed by atoms with Crippen LogP contribution in [0.3, 0.4) is 0 Å². The maximum absolute atomic E-state index is 12.3. The Kier molecular flexibility index (Phi) is 6.28. The minimum absolute atomic E-state index is 0.0255. The zero-order chi connectivity index (χ0) is 18.4. The number of anilines is 1. The molecule has 0 radical (unpaired) electrons. The smallest absolute Gasteiger partial charge is 0.224 e. The van der Waals surface area contributed by atoms with Gasteiger partial charge in [0.05, 0.1) is 21.3 Å². The van der Waals surface area contributed by atoms with E-state index in [-0.39, 0.29) is 5.91 Å². The molecule has 1 amide bonds. The standard InChI is InChI=1S/C20H25NO4/c1-13-6-7-14(2)16(10-13)21-19(22)9-8-15-11-17(23-3)20(25-5)18(12-15)24-4/h6-7,10-12H,8-9H2,1-5H3,(H,21,22). The summed E-state index contributed by atoms with van der Waals surface area (Å²) in [5.74, 6) is 1.70. The molecule has 0 saturated heterocycles. The number of hydrogen-bond donors (Lipinski definition) is 1. The molecule has 25 heavy (non-hydrogen) atoms. The highest BCUT2D eigenvalue weighted by Crippen LogP contribution is 2.38. The molecule has 0 bridgehead atoms. The second-order valence-electron chi connectivity index (χ2n) is 5.90. The molecule has 2 aromatic rings. The van der Waals surface area contributed by atoms with Crippen LogP contribution in [-0.4, -0.2) is 27.2 Å². The lowest BCUT2D eigenvalue weighted by atomic mass is 10.1. The van der Waals surface area contributed by atoms with Crippen LogP contribution in [-0.2, 0) is 11.2 Å². The minimum Gasteiger partial charge on any atom is -0.493 e. The van der Waals surface area contributed by atoms with Crippen molar-refractivity contribution in [3.05, 3.63) is 47.0 Å². The van der Waals surface area contributed by atoms with Crippen LogP contribution in [0.2, 0.25) is 0 Å². The highest BCUT2D eigenvalue weighted by molar-refractivity contribution is 5.91. The van der Waals surface area contributed by atoms with Crippen molar-refractivity contribution in [3.63, 3.8) is 0 Å². The molecule has 0 aliphatic carbocycles. The van der Waals surface area contributed by atoms with Crippen molar-refractivity contribution in [2.75, 3.05) is 26.6 Å². The van der Waals surface area contributed by atoms with Crippen molar-refractivity contribution in [1.29, 1.82) is 0 Å². The largest absolute Gasteiger partial charge is 0.493 e. The molecule has 0 saturated carbocycles. The van der Waals surface area contributed by atoms with Gasteiger partial charge in [-0.3, -0.25) is 4.79 Å². The molecule has 5 heteroatoms. The summed E-state index contributed by atoms with van der Waals surface area (Å²) in [6, 6.07) is 9.75. The summed E-state index contributed by atoms with van der Waals surface area (Å²) in [7, 11) is 4.72. The quantitative estimate of drug-likeness (QED) is 0.828. The third kappa shape index (κ3) is 4.66. The summed E-state index contributed by atoms with van der Waals surface area (Å²) in [6.07, 6.45) is 0.944. The monoisotopic (exact) mass is 343 g/mol. The van der Waals surface area contributed by atoms with Crippen molar-refractivity contribution in [2.24, 2.45) is 0 Å². The molecule has 0 unspecified atom stereocenters. The molecule has 134 valence electrons. The van der Waals surface area contributed by atoms with Crippen LogP contribution in [0.25, 0.3) is 0 Å². The number of ether oxygens (including phenoxy) is 3. The molecule has 2 aromatic carbocycles. The van der Waals surface area contributed by atoms with Crippen LogP contribution in [0, 0.1) is 13.8 Å². The van der Waals surface area contributed by atoms with E-state index in [0.717, 1.165) is 22.4 Å². The normalized spacial score (nSPS) is 10.3. The average Bonchev–Trinajstić information content (AvgIpc) is 2.61. The van der Waals surface area contributed by atoms with E-state index in [4.69, 9.17) is 14.2 Å². The van der Waals surface area contributed by atoms with Gasteiger partial charge < -0.3 is 19.5 Å². The van der Waals surface area contributed by atoms with E-state index in [9.17, 15) is 4.79 Å². The molecular formula is C20H25NO4. The third-order valence-corrected chi connectivity index (χ3v) is 4.03. The summed E-state index contributed by atoms with van der Waals surface area (Å²) >= 11 is 0. The number of methoxy groups -OCH3 is 3. The Balaban J connectivity index is 2.07. The summed E-state index contributed by atoms with van der Waals surface area (Å²) in [4.78, 5) is 12.3. The number of amides is 1. The van der Waals surface area contributed by atoms with Crippen LogP contribution in [0.4, 0.5) is 5.69 Å². The summed E-state index contributed by atoms with van der Waals surface area (Å²) in [6.45, 7) is 3.99. The first-order chi connectivity index (χ1) is 12.0. The van der Waals surface area contributed by atoms with Gasteiger partial charge in [-0.1, -0.05) is 12.1 Å². The number of rotatable bonds is 7. The predicted octanol–water partition coefficient (Wildman–Crippen LogP) is 3.90. The summed E-state index contributed by atoms with van der Waals surface area (Å²) in [5.41, 5.74) is 3.97. The van der Waals surface area contributed by atoms with Gasteiger partial charge in [0.15, 0.2) is 11.5 Å². The molecular weight excluding hydrogens is 318 g/mol. The van der Waals surface area contributed by atoms with Crippen LogP contribution in [0.15, 0.2) is 30.3 Å². The fourth-order valence-corrected chi connectivity index (χ4v) is 2.62. The van der Waals surface area contributed by atoms with Crippen LogP contribution in [0.5, 0.6) is 17.2 Å². The number of benzene rings is 2. The Morgan fingerprint density at radius 2 is 1.60 bits per heavy atom. The van der Waals surface area contributed by atoms with Crippen molar-refractivity contribution >= 4 is 11.6 Å². The topological polar surface area (TPSA) is 56.8 Å². The molecule has 0 spiro atoms. The van der Waals surface area contributed by atoms with E-state index < -0.39 is 0 Å². The fraction of sp³-hybridized carbons (Fsp3) is 0.350. The summed E-state index contributed by atoms with van der Waals surface area (Å²) < 4.78 is 16.0. The van der Waals surface area contributed by atoms with Crippen LogP contribution < -0.4 is 19.5 Å². The van der Waals surface area contributed by atoms with Gasteiger partial charge in [-0.05, 0) is 55.2 Å². The van der Waals surface area contributed by atoms with Crippen LogP contribution >= 0.6 is 0 Å². The van der Waals surface area contributed by atoms with Gasteiger partial charge in [0, 0.05) is 12.1 Å². The average molecular weight is 343 g/mol. The van der Waals surface area contributed by atoms with Crippen LogP contribution in [0.1, 0.15) is 23.1 Å². The Hall–Kier alpha value is -2.69. The second-order valence-corrected chi connectivity index (χ2v) is 5.90. The molecule has 5 nitrogen and oxygen atoms in total. The molecule has 0 heterocycles. The zero-order valence-electron chi connectivity index (χ0n) is 15.4. The molecule has 0 aliphatic rings. The fourth-order valence-electron chi connectivity index (χ4n) is 2.62. The Morgan fingerprint density at radius 1 is 0.960 bits per heavy atom. The zero-order valence-corrected chi connectivity index (χ0v) is 15.4. The van der Waals surface area contributed by atoms with Gasteiger partial charge in [0.25, 0.3) is 0 Å². The first-order valence-electron chi connectivity index (χ1n) is 8.14. The first-order valence-corrected chi connectivity index (χ1v) is 8.14. The number of nitrogens with one attached hydrogen (secondary N) is 1. The maximum Gasteiger partial charge on any atom is 0.224 e. The number of carbonyl (C=O) groups excluding carboxylic acids is 1. The molecule has 0 aliphatic heterocycles. The number of carbonyl (C=O) groups is 1. The van der Waals surface area contributed by atoms with Gasteiger partial charge in [-0.15, -0.1) is 0 Å². The van der Waals surface area contributed by atoms with Gasteiger partial charge in [0.2, 0.25) is 11.7 Å². The molecule has 2 rings (SSSR count). The second kappa shape index (κ2) is 8.42. The Morgan fingerprint density at radius 3 is 2.16 bits per heavy atom. The Labute approximate surface area is 148 Å². The van der Waals surface area contributed by atoms with Crippen molar-refractivity contribution in [3.8, 4) is 17.2 Å². The van der Waals surface area contributed by atoms with Gasteiger partial charge in [0.1, 0.15) is 0 Å². The number of aryl methyl sites for hydroxylation is 3. The van der Waals surface area contributed by atoms with Gasteiger partial charge in [-0.2, -0.15) is 0 Å². The van der Waals surface area contributed by atoms with E-state index in [1.54, 1.807) is 21.3 Å². The number of hydrogen-bond acceptors (Lipinski definition) is 4. The van der Waals surface area contributed by atoms with Crippen molar-refractivity contribution in [1.82, 2.24) is 0 Å². The van der Waals surface area contributed by atoms with Crippen molar-refractivity contribution in [2.45, 2.75) is 26.7 Å². The Bertz CT molecular complexity index is 730. The molecule has 0 fully saturated rings. The maximum atomic E-state index is 12.3. The third-order valence-electron chi connectivity index (χ3n) is 4.03. The molecule has 0 atom stereocenters. The van der Waals surface area contributed by atoms with Gasteiger partial charge >= 0.3 is 0 Å². The van der Waals surface area contributed by atoms with E-state index in [1.807, 2.05) is 44.2 Å². The minimum atomic E-state index is -0.0255. The van der Waals surface area contributed by atoms with Crippen molar-refractivity contribution < 1.29 is 19.0 Å². The lowest BCUT2D eigenvalue weighted by Gasteiger charge is -2.14. The first kappa shape index (κ1) is 18.6. The predicted molar refractivity (Wildman–Crippen MR) is 99.0 cm³/mol. The molecule has 1 N–H and O–H groups in total. The van der Waals surface area contributed by atoms with E-state index >= 15 is 0 Å². The SMILES string of the molecule is COc1cc(CCC(=O)Nc2cc(C)ccc2C)cc(OC)c1OC. The highest BCUT2D eigenvalue weighted by atomic mass is 16.5. The van der Waals surface area contributed by atoms with E-state index in [2.05, 4.69) is 5.32 Å². The highest BCUT2D eigenvalue weighted by Gasteiger charge is 2.14. The lowest BCUT2D eigenvalue weighted by molar-refractivity contribution is -0.116. The summed E-state index contributed by atoms with van der Waals surface area (Å²) in [5, 5.41) is 2.97. The van der Waals surface area contributed by atoms with E-state index in [1.165, 1.54) is 0 Å². The van der Waals surface area contributed by atoms with Gasteiger partial charge in [-0.25, -0.2) is 0 Å².